The number of carboxylic acids is 1. The van der Waals surface area contributed by atoms with E-state index in [1.165, 1.54) is 5.57 Å². The normalized spacial score (nSPS) is 51.3. The van der Waals surface area contributed by atoms with E-state index in [4.69, 9.17) is 0 Å². The van der Waals surface area contributed by atoms with Gasteiger partial charge >= 0.3 is 5.97 Å². The lowest BCUT2D eigenvalue weighted by molar-refractivity contribution is -0.203. The first kappa shape index (κ1) is 24.5. The Balaban J connectivity index is 1.63. The highest BCUT2D eigenvalue weighted by Gasteiger charge is 2.71. The molecule has 0 unspecified atom stereocenters. The lowest BCUT2D eigenvalue weighted by atomic mass is 9.33. The Morgan fingerprint density at radius 2 is 1.59 bits per heavy atom. The first-order chi connectivity index (χ1) is 15.6. The van der Waals surface area contributed by atoms with E-state index in [1.54, 1.807) is 0 Å². The highest BCUT2D eigenvalue weighted by molar-refractivity contribution is 5.87. The molecule has 190 valence electrons. The molecule has 4 heteroatoms. The van der Waals surface area contributed by atoms with Crippen LogP contribution in [0.3, 0.4) is 0 Å². The SMILES string of the molecule is CC1(C)CC[C@]2(C(=O)O)CC[C@]3(C)C(=CC[C@@H]4[C@@]5(C)C(=O)C[C@H](O)C(C)(C)[C@@H]5CC[C@]43C)[C@H]2C1. The zero-order valence-electron chi connectivity index (χ0n) is 22.5. The van der Waals surface area contributed by atoms with Crippen LogP contribution in [0.1, 0.15) is 106 Å². The van der Waals surface area contributed by atoms with Crippen LogP contribution in [0.25, 0.3) is 0 Å². The highest BCUT2D eigenvalue weighted by Crippen LogP contribution is 2.75. The molecule has 4 nitrogen and oxygen atoms in total. The van der Waals surface area contributed by atoms with Crippen molar-refractivity contribution in [3.8, 4) is 0 Å². The number of allylic oxidation sites excluding steroid dienone is 2. The molecule has 4 saturated carbocycles. The quantitative estimate of drug-likeness (QED) is 0.434. The van der Waals surface area contributed by atoms with E-state index >= 15 is 0 Å². The Labute approximate surface area is 206 Å². The van der Waals surface area contributed by atoms with Gasteiger partial charge in [-0.15, -0.1) is 0 Å². The molecule has 0 spiro atoms. The molecule has 0 aromatic rings. The van der Waals surface area contributed by atoms with E-state index in [2.05, 4.69) is 54.5 Å². The maximum atomic E-state index is 13.7. The number of hydrogen-bond donors (Lipinski definition) is 2. The zero-order chi connectivity index (χ0) is 25.1. The largest absolute Gasteiger partial charge is 0.481 e. The summed E-state index contributed by atoms with van der Waals surface area (Å²) >= 11 is 0. The average molecular weight is 471 g/mol. The van der Waals surface area contributed by atoms with Gasteiger partial charge in [-0.2, -0.15) is 0 Å². The topological polar surface area (TPSA) is 74.6 Å². The number of aliphatic hydroxyl groups is 1. The molecule has 0 aromatic carbocycles. The van der Waals surface area contributed by atoms with E-state index < -0.39 is 22.9 Å². The number of fused-ring (bicyclic) bond motifs is 7. The zero-order valence-corrected chi connectivity index (χ0v) is 22.5. The van der Waals surface area contributed by atoms with Crippen LogP contribution in [0, 0.1) is 50.2 Å². The summed E-state index contributed by atoms with van der Waals surface area (Å²) in [5.41, 5.74) is 0.101. The Morgan fingerprint density at radius 3 is 2.24 bits per heavy atom. The summed E-state index contributed by atoms with van der Waals surface area (Å²) in [6, 6.07) is 0. The van der Waals surface area contributed by atoms with E-state index in [0.717, 1.165) is 51.4 Å². The molecule has 8 atom stereocenters. The Kier molecular flexibility index (Phi) is 5.04. The second kappa shape index (κ2) is 6.99. The Morgan fingerprint density at radius 1 is 0.941 bits per heavy atom. The lowest BCUT2D eigenvalue weighted by Crippen LogP contribution is -2.67. The Bertz CT molecular complexity index is 961. The number of ketones is 1. The minimum Gasteiger partial charge on any atom is -0.481 e. The predicted octanol–water partition coefficient (Wildman–Crippen LogP) is 6.41. The number of hydrogen-bond acceptors (Lipinski definition) is 3. The third-order valence-electron chi connectivity index (χ3n) is 12.9. The predicted molar refractivity (Wildman–Crippen MR) is 133 cm³/mol. The molecule has 5 aliphatic carbocycles. The van der Waals surface area contributed by atoms with Gasteiger partial charge in [-0.05, 0) is 90.8 Å². The van der Waals surface area contributed by atoms with Crippen molar-refractivity contribution in [3.05, 3.63) is 11.6 Å². The van der Waals surface area contributed by atoms with Crippen molar-refractivity contribution in [2.45, 2.75) is 112 Å². The first-order valence-corrected chi connectivity index (χ1v) is 13.7. The summed E-state index contributed by atoms with van der Waals surface area (Å²) in [7, 11) is 0. The van der Waals surface area contributed by atoms with Crippen LogP contribution in [0.15, 0.2) is 11.6 Å². The van der Waals surface area contributed by atoms with Crippen molar-refractivity contribution in [1.82, 2.24) is 0 Å². The number of carbonyl (C=O) groups is 2. The van der Waals surface area contributed by atoms with E-state index in [1.807, 2.05) is 0 Å². The molecule has 0 radical (unpaired) electrons. The molecule has 5 aliphatic rings. The van der Waals surface area contributed by atoms with Gasteiger partial charge in [-0.3, -0.25) is 9.59 Å². The molecule has 0 aromatic heterocycles. The monoisotopic (exact) mass is 470 g/mol. The second-order valence-electron chi connectivity index (χ2n) is 14.9. The molecular weight excluding hydrogens is 424 g/mol. The molecule has 0 bridgehead atoms. The fourth-order valence-corrected chi connectivity index (χ4v) is 10.3. The number of carbonyl (C=O) groups excluding carboxylic acids is 1. The highest BCUT2D eigenvalue weighted by atomic mass is 16.4. The van der Waals surface area contributed by atoms with Gasteiger partial charge in [0.05, 0.1) is 11.5 Å². The summed E-state index contributed by atoms with van der Waals surface area (Å²) in [6.45, 7) is 16.0. The fraction of sp³-hybridized carbons (Fsp3) is 0.867. The van der Waals surface area contributed by atoms with E-state index in [0.29, 0.717) is 0 Å². The van der Waals surface area contributed by atoms with Crippen LogP contribution in [-0.4, -0.2) is 28.1 Å². The van der Waals surface area contributed by atoms with Crippen LogP contribution < -0.4 is 0 Å². The van der Waals surface area contributed by atoms with Crippen molar-refractivity contribution in [1.29, 1.82) is 0 Å². The maximum absolute atomic E-state index is 13.7. The van der Waals surface area contributed by atoms with Gasteiger partial charge in [-0.25, -0.2) is 0 Å². The van der Waals surface area contributed by atoms with E-state index in [9.17, 15) is 19.8 Å². The van der Waals surface area contributed by atoms with Crippen LogP contribution in [0.4, 0.5) is 0 Å². The summed E-state index contributed by atoms with van der Waals surface area (Å²) < 4.78 is 0. The van der Waals surface area contributed by atoms with Gasteiger partial charge in [0, 0.05) is 11.8 Å². The van der Waals surface area contributed by atoms with Crippen LogP contribution in [0.2, 0.25) is 0 Å². The van der Waals surface area contributed by atoms with E-state index in [-0.39, 0.29) is 51.6 Å². The van der Waals surface area contributed by atoms with Crippen molar-refractivity contribution in [3.63, 3.8) is 0 Å². The van der Waals surface area contributed by atoms with Gasteiger partial charge in [0.2, 0.25) is 0 Å². The standard InChI is InChI=1S/C30H46O4/c1-25(2)12-14-30(24(33)34)15-13-27(5)18(19(30)17-25)8-9-21-28(27,6)11-10-20-26(3,4)22(31)16-23(32)29(20,21)7/h8,19-22,31H,9-17H2,1-7H3,(H,33,34)/t19-,20+,21+,22+,27-,28-,29+,30+/m1/s1. The number of aliphatic hydroxyl groups excluding tert-OH is 1. The van der Waals surface area contributed by atoms with Gasteiger partial charge in [0.1, 0.15) is 5.78 Å². The van der Waals surface area contributed by atoms with Crippen molar-refractivity contribution >= 4 is 11.8 Å². The molecule has 5 rings (SSSR count). The lowest BCUT2D eigenvalue weighted by Gasteiger charge is -2.70. The van der Waals surface area contributed by atoms with Gasteiger partial charge < -0.3 is 10.2 Å². The minimum atomic E-state index is -0.627. The molecular formula is C30H46O4. The third-order valence-corrected chi connectivity index (χ3v) is 12.9. The number of carboxylic acid groups (broad SMARTS) is 1. The second-order valence-corrected chi connectivity index (χ2v) is 14.9. The molecule has 0 aliphatic heterocycles. The molecule has 0 heterocycles. The molecule has 0 saturated heterocycles. The minimum absolute atomic E-state index is 0.0391. The van der Waals surface area contributed by atoms with Crippen LogP contribution >= 0.6 is 0 Å². The fourth-order valence-electron chi connectivity index (χ4n) is 10.3. The van der Waals surface area contributed by atoms with Crippen molar-refractivity contribution < 1.29 is 19.8 Å². The molecule has 34 heavy (non-hydrogen) atoms. The molecule has 4 fully saturated rings. The number of aliphatic carboxylic acids is 1. The smallest absolute Gasteiger partial charge is 0.310 e. The van der Waals surface area contributed by atoms with Crippen LogP contribution in [-0.2, 0) is 9.59 Å². The summed E-state index contributed by atoms with van der Waals surface area (Å²) in [6.07, 6.45) is 9.32. The average Bonchev–Trinajstić information content (AvgIpc) is 2.72. The number of rotatable bonds is 1. The van der Waals surface area contributed by atoms with Gasteiger partial charge in [0.25, 0.3) is 0 Å². The number of Topliss-reactive ketones (excluding diaryl/α,β-unsaturated/α-hetero) is 1. The maximum Gasteiger partial charge on any atom is 0.310 e. The first-order valence-electron chi connectivity index (χ1n) is 13.7. The van der Waals surface area contributed by atoms with Gasteiger partial charge in [-0.1, -0.05) is 60.1 Å². The molecule has 0 amide bonds. The van der Waals surface area contributed by atoms with Gasteiger partial charge in [0.15, 0.2) is 0 Å². The third kappa shape index (κ3) is 2.75. The summed E-state index contributed by atoms with van der Waals surface area (Å²) in [5.74, 6) is 0.160. The molecule has 2 N–H and O–H groups in total. The summed E-state index contributed by atoms with van der Waals surface area (Å²) in [5, 5.41) is 21.3. The van der Waals surface area contributed by atoms with Crippen molar-refractivity contribution in [2.24, 2.45) is 50.2 Å². The van der Waals surface area contributed by atoms with Crippen LogP contribution in [0.5, 0.6) is 0 Å². The summed E-state index contributed by atoms with van der Waals surface area (Å²) in [4.78, 5) is 26.5. The Hall–Kier alpha value is -1.16. The van der Waals surface area contributed by atoms with Crippen molar-refractivity contribution in [2.75, 3.05) is 0 Å².